The largest absolute Gasteiger partial charge is 0.480 e. The van der Waals surface area contributed by atoms with Gasteiger partial charge in [-0.15, -0.1) is 0 Å². The van der Waals surface area contributed by atoms with E-state index in [9.17, 15) is 9.59 Å². The third-order valence-electron chi connectivity index (χ3n) is 3.11. The lowest BCUT2D eigenvalue weighted by Crippen LogP contribution is -2.39. The molecule has 0 bridgehead atoms. The summed E-state index contributed by atoms with van der Waals surface area (Å²) in [4.78, 5) is 22.3. The number of aryl methyl sites for hydroxylation is 1. The molecule has 1 aromatic carbocycles. The van der Waals surface area contributed by atoms with Gasteiger partial charge in [-0.25, -0.2) is 0 Å². The van der Waals surface area contributed by atoms with Crippen molar-refractivity contribution in [3.8, 4) is 0 Å². The summed E-state index contributed by atoms with van der Waals surface area (Å²) in [7, 11) is 0. The van der Waals surface area contributed by atoms with Gasteiger partial charge in [-0.3, -0.25) is 9.59 Å². The molecule has 0 unspecified atom stereocenters. The average Bonchev–Trinajstić information content (AvgIpc) is 2.31. The van der Waals surface area contributed by atoms with Crippen molar-refractivity contribution < 1.29 is 19.8 Å². The molecule has 0 amide bonds. The second-order valence-corrected chi connectivity index (χ2v) is 4.03. The molecule has 0 aliphatic rings. The Labute approximate surface area is 99.9 Å². The molecule has 2 N–H and O–H groups in total. The van der Waals surface area contributed by atoms with Crippen LogP contribution in [0.3, 0.4) is 0 Å². The number of carbonyl (C=O) groups is 2. The number of hydrogen-bond donors (Lipinski definition) is 2. The molecule has 92 valence electrons. The van der Waals surface area contributed by atoms with E-state index in [0.29, 0.717) is 6.42 Å². The molecule has 0 atom stereocenters. The van der Waals surface area contributed by atoms with Gasteiger partial charge in [-0.1, -0.05) is 37.3 Å². The predicted molar refractivity (Wildman–Crippen MR) is 62.8 cm³/mol. The molecule has 0 aliphatic heterocycles. The fraction of sp³-hybridized carbons (Fsp3) is 0.385. The third kappa shape index (κ3) is 2.84. The van der Waals surface area contributed by atoms with Crippen molar-refractivity contribution in [2.24, 2.45) is 5.41 Å². The van der Waals surface area contributed by atoms with Crippen molar-refractivity contribution in [1.82, 2.24) is 0 Å². The first kappa shape index (κ1) is 13.2. The summed E-state index contributed by atoms with van der Waals surface area (Å²) >= 11 is 0. The van der Waals surface area contributed by atoms with Gasteiger partial charge >= 0.3 is 11.9 Å². The van der Waals surface area contributed by atoms with Crippen LogP contribution in [-0.2, 0) is 16.0 Å². The van der Waals surface area contributed by atoms with Gasteiger partial charge in [0.15, 0.2) is 5.41 Å². The van der Waals surface area contributed by atoms with Crippen LogP contribution in [0.15, 0.2) is 30.3 Å². The Balaban J connectivity index is 2.82. The standard InChI is InChI=1S/C13H16O4/c1-2-13(11(14)15,12(16)17)9-8-10-6-4-3-5-7-10/h3-7H,2,8-9H2,1H3,(H,14,15)(H,16,17). The molecule has 17 heavy (non-hydrogen) atoms. The van der Waals surface area contributed by atoms with Gasteiger partial charge in [0.1, 0.15) is 0 Å². The molecule has 4 heteroatoms. The molecule has 0 fully saturated rings. The summed E-state index contributed by atoms with van der Waals surface area (Å²) in [5, 5.41) is 18.2. The summed E-state index contributed by atoms with van der Waals surface area (Å²) in [6.45, 7) is 1.59. The minimum absolute atomic E-state index is 0.0878. The monoisotopic (exact) mass is 236 g/mol. The lowest BCUT2D eigenvalue weighted by atomic mass is 9.80. The van der Waals surface area contributed by atoms with Crippen molar-refractivity contribution in [3.63, 3.8) is 0 Å². The van der Waals surface area contributed by atoms with Crippen LogP contribution in [0.25, 0.3) is 0 Å². The molecular formula is C13H16O4. The number of carboxylic acids is 2. The smallest absolute Gasteiger partial charge is 0.321 e. The van der Waals surface area contributed by atoms with Gasteiger partial charge in [0.05, 0.1) is 0 Å². The topological polar surface area (TPSA) is 74.6 Å². The van der Waals surface area contributed by atoms with Crippen LogP contribution >= 0.6 is 0 Å². The Kier molecular flexibility index (Phi) is 4.26. The maximum atomic E-state index is 11.1. The highest BCUT2D eigenvalue weighted by molar-refractivity contribution is 5.98. The zero-order valence-electron chi connectivity index (χ0n) is 9.72. The quantitative estimate of drug-likeness (QED) is 0.742. The van der Waals surface area contributed by atoms with Crippen molar-refractivity contribution in [3.05, 3.63) is 35.9 Å². The average molecular weight is 236 g/mol. The van der Waals surface area contributed by atoms with Crippen LogP contribution < -0.4 is 0 Å². The number of rotatable bonds is 6. The van der Waals surface area contributed by atoms with Gasteiger partial charge in [0, 0.05) is 0 Å². The zero-order valence-corrected chi connectivity index (χ0v) is 9.72. The van der Waals surface area contributed by atoms with Gasteiger partial charge in [0.2, 0.25) is 0 Å². The minimum Gasteiger partial charge on any atom is -0.480 e. The second-order valence-electron chi connectivity index (χ2n) is 4.03. The SMILES string of the molecule is CCC(CCc1ccccc1)(C(=O)O)C(=O)O. The maximum absolute atomic E-state index is 11.1. The fourth-order valence-electron chi connectivity index (χ4n) is 1.79. The Morgan fingerprint density at radius 3 is 2.06 bits per heavy atom. The number of hydrogen-bond acceptors (Lipinski definition) is 2. The van der Waals surface area contributed by atoms with Crippen LogP contribution in [0, 0.1) is 5.41 Å². The number of carboxylic acid groups (broad SMARTS) is 2. The number of aliphatic carboxylic acids is 2. The number of benzene rings is 1. The molecule has 0 spiro atoms. The van der Waals surface area contributed by atoms with Crippen LogP contribution in [0.1, 0.15) is 25.3 Å². The molecule has 0 radical (unpaired) electrons. The highest BCUT2D eigenvalue weighted by Gasteiger charge is 2.44. The first-order valence-electron chi connectivity index (χ1n) is 5.53. The van der Waals surface area contributed by atoms with E-state index < -0.39 is 17.4 Å². The molecule has 0 aromatic heterocycles. The van der Waals surface area contributed by atoms with Crippen LogP contribution in [0.4, 0.5) is 0 Å². The van der Waals surface area contributed by atoms with E-state index in [1.54, 1.807) is 6.92 Å². The Bertz CT molecular complexity index is 383. The molecule has 0 saturated carbocycles. The third-order valence-corrected chi connectivity index (χ3v) is 3.11. The van der Waals surface area contributed by atoms with E-state index in [1.807, 2.05) is 30.3 Å². The lowest BCUT2D eigenvalue weighted by Gasteiger charge is -2.22. The second kappa shape index (κ2) is 5.48. The highest BCUT2D eigenvalue weighted by atomic mass is 16.4. The van der Waals surface area contributed by atoms with Crippen LogP contribution in [-0.4, -0.2) is 22.2 Å². The van der Waals surface area contributed by atoms with Crippen molar-refractivity contribution in [1.29, 1.82) is 0 Å². The summed E-state index contributed by atoms with van der Waals surface area (Å²) in [5.74, 6) is -2.52. The van der Waals surface area contributed by atoms with Gasteiger partial charge in [-0.05, 0) is 24.8 Å². The van der Waals surface area contributed by atoms with Gasteiger partial charge in [0.25, 0.3) is 0 Å². The van der Waals surface area contributed by atoms with E-state index in [2.05, 4.69) is 0 Å². The fourth-order valence-corrected chi connectivity index (χ4v) is 1.79. The summed E-state index contributed by atoms with van der Waals surface area (Å²) in [6.07, 6.45) is 0.649. The summed E-state index contributed by atoms with van der Waals surface area (Å²) < 4.78 is 0. The zero-order chi connectivity index (χ0) is 12.9. The lowest BCUT2D eigenvalue weighted by molar-refractivity contribution is -0.165. The Morgan fingerprint density at radius 2 is 1.65 bits per heavy atom. The minimum atomic E-state index is -1.67. The molecule has 1 aromatic rings. The molecule has 0 saturated heterocycles. The first-order chi connectivity index (χ1) is 8.03. The van der Waals surface area contributed by atoms with E-state index in [0.717, 1.165) is 5.56 Å². The Morgan fingerprint density at radius 1 is 1.12 bits per heavy atom. The highest BCUT2D eigenvalue weighted by Crippen LogP contribution is 2.29. The van der Waals surface area contributed by atoms with Crippen LogP contribution in [0.2, 0.25) is 0 Å². The molecule has 0 heterocycles. The van der Waals surface area contributed by atoms with E-state index in [1.165, 1.54) is 0 Å². The molecular weight excluding hydrogens is 220 g/mol. The van der Waals surface area contributed by atoms with Crippen molar-refractivity contribution in [2.75, 3.05) is 0 Å². The maximum Gasteiger partial charge on any atom is 0.321 e. The van der Waals surface area contributed by atoms with Gasteiger partial charge < -0.3 is 10.2 Å². The summed E-state index contributed by atoms with van der Waals surface area (Å²) in [6, 6.07) is 9.30. The molecule has 4 nitrogen and oxygen atoms in total. The van der Waals surface area contributed by atoms with E-state index in [-0.39, 0.29) is 12.8 Å². The van der Waals surface area contributed by atoms with E-state index >= 15 is 0 Å². The van der Waals surface area contributed by atoms with Crippen molar-refractivity contribution >= 4 is 11.9 Å². The predicted octanol–water partition coefficient (Wildman–Crippen LogP) is 2.18. The van der Waals surface area contributed by atoms with Crippen LogP contribution in [0.5, 0.6) is 0 Å². The van der Waals surface area contributed by atoms with Crippen molar-refractivity contribution in [2.45, 2.75) is 26.2 Å². The van der Waals surface area contributed by atoms with Gasteiger partial charge in [-0.2, -0.15) is 0 Å². The first-order valence-corrected chi connectivity index (χ1v) is 5.53. The Hall–Kier alpha value is -1.84. The normalized spacial score (nSPS) is 11.1. The molecule has 1 rings (SSSR count). The van der Waals surface area contributed by atoms with E-state index in [4.69, 9.17) is 10.2 Å². The summed E-state index contributed by atoms with van der Waals surface area (Å²) in [5.41, 5.74) is -0.719. The molecule has 0 aliphatic carbocycles.